The van der Waals surface area contributed by atoms with E-state index in [4.69, 9.17) is 32.7 Å². The average molecular weight is 470 g/mol. The lowest BCUT2D eigenvalue weighted by Crippen LogP contribution is -2.28. The van der Waals surface area contributed by atoms with Crippen molar-refractivity contribution in [3.8, 4) is 11.5 Å². The molecule has 0 aliphatic rings. The topological polar surface area (TPSA) is 21.7 Å². The van der Waals surface area contributed by atoms with Crippen molar-refractivity contribution in [2.45, 2.75) is 52.4 Å². The maximum atomic E-state index is 6.61. The summed E-state index contributed by atoms with van der Waals surface area (Å²) in [6, 6.07) is 8.03. The first kappa shape index (κ1) is 25.3. The van der Waals surface area contributed by atoms with Crippen LogP contribution in [0.2, 0.25) is 10.0 Å². The Kier molecular flexibility index (Phi) is 7.79. The molecule has 166 valence electrons. The molecule has 0 radical (unpaired) electrons. The third-order valence-corrected chi connectivity index (χ3v) is 7.76. The van der Waals surface area contributed by atoms with Gasteiger partial charge in [0, 0.05) is 39.9 Å². The van der Waals surface area contributed by atoms with Crippen molar-refractivity contribution in [3.05, 3.63) is 45.4 Å². The first-order valence-electron chi connectivity index (χ1n) is 9.95. The monoisotopic (exact) mass is 469 g/mol. The molecule has 6 heteroatoms. The Balaban J connectivity index is 2.93. The minimum Gasteiger partial charge on any atom is -0.496 e. The molecule has 0 amide bonds. The van der Waals surface area contributed by atoms with Crippen molar-refractivity contribution < 1.29 is 9.47 Å². The lowest BCUT2D eigenvalue weighted by molar-refractivity contribution is 0.400. The quantitative estimate of drug-likeness (QED) is 0.465. The Morgan fingerprint density at radius 2 is 1.03 bits per heavy atom. The number of hydrogen-bond acceptors (Lipinski definition) is 3. The molecule has 0 aliphatic carbocycles. The highest BCUT2D eigenvalue weighted by Gasteiger charge is 2.32. The molecule has 0 saturated carbocycles. The van der Waals surface area contributed by atoms with E-state index in [0.717, 1.165) is 33.2 Å². The Morgan fingerprint density at radius 3 is 1.27 bits per heavy atom. The van der Waals surface area contributed by atoms with E-state index < -0.39 is 8.07 Å². The zero-order valence-electron chi connectivity index (χ0n) is 19.8. The molecule has 0 aliphatic heterocycles. The molecule has 2 aromatic carbocycles. The van der Waals surface area contributed by atoms with Crippen molar-refractivity contribution >= 4 is 41.9 Å². The summed E-state index contributed by atoms with van der Waals surface area (Å²) in [6.45, 7) is 13.0. The predicted octanol–water partition coefficient (Wildman–Crippen LogP) is 6.51. The zero-order chi connectivity index (χ0) is 23.0. The first-order chi connectivity index (χ1) is 13.7. The largest absolute Gasteiger partial charge is 0.496 e. The summed E-state index contributed by atoms with van der Waals surface area (Å²) in [7, 11) is 6.58. The van der Waals surface area contributed by atoms with Gasteiger partial charge in [0.2, 0.25) is 0 Å². The molecule has 3 nitrogen and oxygen atoms in total. The van der Waals surface area contributed by atoms with Gasteiger partial charge in [0.05, 0.1) is 14.2 Å². The van der Waals surface area contributed by atoms with Crippen molar-refractivity contribution in [2.75, 3.05) is 28.3 Å². The molecule has 0 atom stereocenters. The number of ether oxygens (including phenoxy) is 2. The van der Waals surface area contributed by atoms with Gasteiger partial charge in [0.25, 0.3) is 0 Å². The van der Waals surface area contributed by atoms with Crippen LogP contribution >= 0.6 is 31.3 Å². The summed E-state index contributed by atoms with van der Waals surface area (Å²) in [6.07, 6.45) is 0. The highest BCUT2D eigenvalue weighted by atomic mass is 35.5. The Morgan fingerprint density at radius 1 is 0.700 bits per heavy atom. The van der Waals surface area contributed by atoms with Crippen LogP contribution in [0, 0.1) is 0 Å². The van der Waals surface area contributed by atoms with E-state index in [1.807, 2.05) is 24.3 Å². The predicted molar refractivity (Wildman–Crippen MR) is 133 cm³/mol. The summed E-state index contributed by atoms with van der Waals surface area (Å²) in [5.74, 6) is 1.73. The fourth-order valence-electron chi connectivity index (χ4n) is 3.58. The third-order valence-electron chi connectivity index (χ3n) is 4.95. The van der Waals surface area contributed by atoms with Gasteiger partial charge < -0.3 is 9.47 Å². The van der Waals surface area contributed by atoms with Crippen molar-refractivity contribution in [1.82, 2.24) is 4.67 Å². The molecule has 0 spiro atoms. The van der Waals surface area contributed by atoms with Crippen molar-refractivity contribution in [2.24, 2.45) is 0 Å². The van der Waals surface area contributed by atoms with Gasteiger partial charge >= 0.3 is 0 Å². The highest BCUT2D eigenvalue weighted by Crippen LogP contribution is 2.47. The second-order valence-corrected chi connectivity index (χ2v) is 12.9. The molecule has 0 heterocycles. The van der Waals surface area contributed by atoms with Crippen LogP contribution in [0.5, 0.6) is 11.5 Å². The minimum atomic E-state index is -1.01. The number of nitrogens with zero attached hydrogens (tertiary/aromatic N) is 1. The van der Waals surface area contributed by atoms with Crippen LogP contribution in [-0.2, 0) is 10.8 Å². The maximum Gasteiger partial charge on any atom is 0.131 e. The van der Waals surface area contributed by atoms with E-state index in [0.29, 0.717) is 10.0 Å². The molecule has 30 heavy (non-hydrogen) atoms. The fourth-order valence-corrected chi connectivity index (χ4v) is 6.62. The highest BCUT2D eigenvalue weighted by molar-refractivity contribution is 7.71. The lowest BCUT2D eigenvalue weighted by atomic mass is 9.86. The fraction of sp³-hybridized carbons (Fsp3) is 0.500. The van der Waals surface area contributed by atoms with E-state index in [1.54, 1.807) is 14.2 Å². The second-order valence-electron chi connectivity index (χ2n) is 9.67. The van der Waals surface area contributed by atoms with E-state index in [2.05, 4.69) is 60.3 Å². The van der Waals surface area contributed by atoms with Crippen LogP contribution in [0.25, 0.3) is 0 Å². The minimum absolute atomic E-state index is 0.118. The van der Waals surface area contributed by atoms with Crippen molar-refractivity contribution in [3.63, 3.8) is 0 Å². The molecule has 0 aromatic heterocycles. The number of halogens is 2. The van der Waals surface area contributed by atoms with Gasteiger partial charge in [-0.3, -0.25) is 4.67 Å². The molecule has 0 saturated heterocycles. The van der Waals surface area contributed by atoms with Gasteiger partial charge in [-0.2, -0.15) is 0 Å². The lowest BCUT2D eigenvalue weighted by Gasteiger charge is -2.33. The van der Waals surface area contributed by atoms with Gasteiger partial charge in [-0.1, -0.05) is 64.7 Å². The Labute approximate surface area is 193 Å². The summed E-state index contributed by atoms with van der Waals surface area (Å²) in [4.78, 5) is 0. The normalized spacial score (nSPS) is 12.6. The van der Waals surface area contributed by atoms with Crippen LogP contribution in [0.15, 0.2) is 24.3 Å². The standard InChI is InChI=1S/C24H34Cl2NO2P/c1-23(2,3)17-11-15(25)13-19(21(17)28-9)30(27(7)8)20-14-16(26)12-18(22(20)29-10)24(4,5)6/h11-14H,1-10H3. The Hall–Kier alpha value is -0.990. The summed E-state index contributed by atoms with van der Waals surface area (Å²) in [5, 5.41) is 3.50. The molecular formula is C24H34Cl2NO2P. The van der Waals surface area contributed by atoms with Crippen LogP contribution in [-0.4, -0.2) is 33.0 Å². The van der Waals surface area contributed by atoms with Crippen LogP contribution in [0.4, 0.5) is 0 Å². The number of hydrogen-bond donors (Lipinski definition) is 0. The van der Waals surface area contributed by atoms with E-state index in [-0.39, 0.29) is 10.8 Å². The molecule has 0 bridgehead atoms. The van der Waals surface area contributed by atoms with Gasteiger partial charge in [0.15, 0.2) is 0 Å². The van der Waals surface area contributed by atoms with E-state index in [1.165, 1.54) is 0 Å². The average Bonchev–Trinajstić information content (AvgIpc) is 2.59. The number of benzene rings is 2. The smallest absolute Gasteiger partial charge is 0.131 e. The van der Waals surface area contributed by atoms with Gasteiger partial charge in [-0.05, 0) is 49.2 Å². The van der Waals surface area contributed by atoms with Crippen LogP contribution < -0.4 is 20.1 Å². The third kappa shape index (κ3) is 5.25. The first-order valence-corrected chi connectivity index (χ1v) is 12.0. The summed E-state index contributed by atoms with van der Waals surface area (Å²) >= 11 is 13.2. The number of methoxy groups -OCH3 is 2. The molecule has 2 aromatic rings. The molecular weight excluding hydrogens is 436 g/mol. The van der Waals surface area contributed by atoms with Crippen molar-refractivity contribution in [1.29, 1.82) is 0 Å². The van der Waals surface area contributed by atoms with E-state index >= 15 is 0 Å². The molecule has 0 unspecified atom stereocenters. The van der Waals surface area contributed by atoms with Gasteiger partial charge in [-0.25, -0.2) is 0 Å². The number of rotatable bonds is 5. The molecule has 0 fully saturated rings. The van der Waals surface area contributed by atoms with E-state index in [9.17, 15) is 0 Å². The van der Waals surface area contributed by atoms with Crippen LogP contribution in [0.3, 0.4) is 0 Å². The summed E-state index contributed by atoms with van der Waals surface area (Å²) in [5.41, 5.74) is 1.93. The maximum absolute atomic E-state index is 6.61. The zero-order valence-corrected chi connectivity index (χ0v) is 22.2. The van der Waals surface area contributed by atoms with Gasteiger partial charge in [-0.15, -0.1) is 0 Å². The molecule has 2 rings (SSSR count). The van der Waals surface area contributed by atoms with Crippen LogP contribution in [0.1, 0.15) is 52.7 Å². The second kappa shape index (κ2) is 9.25. The summed E-state index contributed by atoms with van der Waals surface area (Å²) < 4.78 is 14.1. The van der Waals surface area contributed by atoms with Gasteiger partial charge in [0.1, 0.15) is 11.5 Å². The Bertz CT molecular complexity index is 843. The SMILES string of the molecule is COc1c(P(c2cc(Cl)cc(C(C)(C)C)c2OC)N(C)C)cc(Cl)cc1C(C)(C)C. The molecule has 0 N–H and O–H groups in total.